The SMILES string of the molecule is O=C1CCN(C(=O)[C@@H]2C[C@H](N3CCC(c4nnc(-c5cccnc5)o4)CC3)CN2)C1. The number of carbonyl (C=O) groups excluding carboxylic acids is 2. The summed E-state index contributed by atoms with van der Waals surface area (Å²) in [7, 11) is 0. The second kappa shape index (κ2) is 8.23. The smallest absolute Gasteiger partial charge is 0.249 e. The number of Topliss-reactive ketones (excluding diaryl/α,β-unsaturated/α-hetero) is 1. The number of piperidine rings is 1. The molecule has 158 valence electrons. The second-order valence-electron chi connectivity index (χ2n) is 8.40. The zero-order chi connectivity index (χ0) is 20.5. The van der Waals surface area contributed by atoms with Crippen LogP contribution in [-0.2, 0) is 9.59 Å². The molecule has 5 rings (SSSR count). The van der Waals surface area contributed by atoms with Gasteiger partial charge in [-0.3, -0.25) is 19.5 Å². The lowest BCUT2D eigenvalue weighted by atomic mass is 9.95. The summed E-state index contributed by atoms with van der Waals surface area (Å²) in [5, 5.41) is 11.8. The Labute approximate surface area is 174 Å². The van der Waals surface area contributed by atoms with Gasteiger partial charge in [-0.2, -0.15) is 0 Å². The molecular formula is C21H26N6O3. The fraction of sp³-hybridized carbons (Fsp3) is 0.571. The van der Waals surface area contributed by atoms with Crippen molar-refractivity contribution in [3.63, 3.8) is 0 Å². The first-order valence-electron chi connectivity index (χ1n) is 10.7. The summed E-state index contributed by atoms with van der Waals surface area (Å²) in [6.07, 6.45) is 6.67. The van der Waals surface area contributed by atoms with Crippen LogP contribution < -0.4 is 5.32 Å². The summed E-state index contributed by atoms with van der Waals surface area (Å²) in [6, 6.07) is 3.95. The van der Waals surface area contributed by atoms with E-state index in [1.807, 2.05) is 12.1 Å². The summed E-state index contributed by atoms with van der Waals surface area (Å²) in [5.41, 5.74) is 0.834. The first-order chi connectivity index (χ1) is 14.7. The molecular weight excluding hydrogens is 384 g/mol. The number of hydrogen-bond acceptors (Lipinski definition) is 8. The minimum atomic E-state index is -0.170. The van der Waals surface area contributed by atoms with Crippen molar-refractivity contribution in [2.75, 3.05) is 32.7 Å². The number of pyridine rings is 1. The summed E-state index contributed by atoms with van der Waals surface area (Å²) in [5.74, 6) is 1.72. The zero-order valence-corrected chi connectivity index (χ0v) is 16.9. The third-order valence-corrected chi connectivity index (χ3v) is 6.49. The Morgan fingerprint density at radius 3 is 2.80 bits per heavy atom. The summed E-state index contributed by atoms with van der Waals surface area (Å²) >= 11 is 0. The number of amides is 1. The first kappa shape index (κ1) is 19.3. The van der Waals surface area contributed by atoms with Crippen LogP contribution in [0, 0.1) is 0 Å². The number of nitrogens with one attached hydrogen (secondary N) is 1. The molecule has 0 unspecified atom stereocenters. The van der Waals surface area contributed by atoms with E-state index >= 15 is 0 Å². The largest absolute Gasteiger partial charge is 0.420 e. The molecule has 2 aromatic heterocycles. The molecule has 0 saturated carbocycles. The first-order valence-corrected chi connectivity index (χ1v) is 10.7. The van der Waals surface area contributed by atoms with Gasteiger partial charge in [0.05, 0.1) is 18.2 Å². The maximum atomic E-state index is 12.6. The lowest BCUT2D eigenvalue weighted by Gasteiger charge is -2.34. The Balaban J connectivity index is 1.14. The second-order valence-corrected chi connectivity index (χ2v) is 8.40. The molecule has 3 aliphatic heterocycles. The van der Waals surface area contributed by atoms with Crippen molar-refractivity contribution in [3.8, 4) is 11.5 Å². The molecule has 0 aliphatic carbocycles. The number of ketones is 1. The normalized spacial score (nSPS) is 25.9. The number of rotatable bonds is 4. The highest BCUT2D eigenvalue weighted by atomic mass is 16.4. The van der Waals surface area contributed by atoms with Gasteiger partial charge in [-0.25, -0.2) is 0 Å². The van der Waals surface area contributed by atoms with Crippen molar-refractivity contribution in [1.29, 1.82) is 0 Å². The van der Waals surface area contributed by atoms with Crippen molar-refractivity contribution in [1.82, 2.24) is 30.3 Å². The third kappa shape index (κ3) is 3.87. The maximum absolute atomic E-state index is 12.6. The highest BCUT2D eigenvalue weighted by molar-refractivity contribution is 5.91. The Bertz CT molecular complexity index is 908. The van der Waals surface area contributed by atoms with Crippen molar-refractivity contribution in [2.24, 2.45) is 0 Å². The van der Waals surface area contributed by atoms with Gasteiger partial charge in [0.25, 0.3) is 0 Å². The number of hydrogen-bond donors (Lipinski definition) is 1. The van der Waals surface area contributed by atoms with E-state index in [-0.39, 0.29) is 30.2 Å². The topological polar surface area (TPSA) is 104 Å². The van der Waals surface area contributed by atoms with Gasteiger partial charge in [-0.05, 0) is 44.5 Å². The predicted octanol–water partition coefficient (Wildman–Crippen LogP) is 0.843. The van der Waals surface area contributed by atoms with Gasteiger partial charge >= 0.3 is 0 Å². The molecule has 0 aromatic carbocycles. The Morgan fingerprint density at radius 2 is 2.07 bits per heavy atom. The van der Waals surface area contributed by atoms with Crippen molar-refractivity contribution in [3.05, 3.63) is 30.4 Å². The molecule has 3 aliphatic rings. The van der Waals surface area contributed by atoms with Gasteiger partial charge in [0.2, 0.25) is 17.7 Å². The molecule has 0 radical (unpaired) electrons. The predicted molar refractivity (Wildman–Crippen MR) is 107 cm³/mol. The number of aromatic nitrogens is 3. The molecule has 9 nitrogen and oxygen atoms in total. The van der Waals surface area contributed by atoms with Gasteiger partial charge in [0, 0.05) is 43.9 Å². The van der Waals surface area contributed by atoms with Crippen LogP contribution in [0.1, 0.15) is 37.5 Å². The standard InChI is InChI=1S/C21H26N6O3/c28-17-5-9-27(13-17)21(29)18-10-16(12-23-18)26-7-3-14(4-8-26)19-24-25-20(30-19)15-2-1-6-22-11-15/h1-2,6,11,14,16,18,23H,3-5,7-10,12-13H2/t16-,18-/m0/s1. The van der Waals surface area contributed by atoms with Crippen LogP contribution in [0.15, 0.2) is 28.9 Å². The highest BCUT2D eigenvalue weighted by Crippen LogP contribution is 2.31. The molecule has 1 N–H and O–H groups in total. The average Bonchev–Trinajstić information content (AvgIpc) is 3.55. The lowest BCUT2D eigenvalue weighted by Crippen LogP contribution is -2.43. The monoisotopic (exact) mass is 410 g/mol. The van der Waals surface area contributed by atoms with E-state index in [2.05, 4.69) is 25.4 Å². The van der Waals surface area contributed by atoms with E-state index < -0.39 is 0 Å². The van der Waals surface area contributed by atoms with Gasteiger partial charge in [-0.15, -0.1) is 10.2 Å². The maximum Gasteiger partial charge on any atom is 0.249 e. The van der Waals surface area contributed by atoms with Gasteiger partial charge in [0.1, 0.15) is 0 Å². The van der Waals surface area contributed by atoms with Crippen molar-refractivity contribution in [2.45, 2.75) is 43.7 Å². The molecule has 9 heteroatoms. The summed E-state index contributed by atoms with van der Waals surface area (Å²) in [4.78, 5) is 32.4. The van der Waals surface area contributed by atoms with E-state index in [9.17, 15) is 9.59 Å². The quantitative estimate of drug-likeness (QED) is 0.791. The van der Waals surface area contributed by atoms with Crippen LogP contribution in [0.4, 0.5) is 0 Å². The van der Waals surface area contributed by atoms with Crippen molar-refractivity contribution >= 4 is 11.7 Å². The van der Waals surface area contributed by atoms with Gasteiger partial charge < -0.3 is 14.6 Å². The van der Waals surface area contributed by atoms with Crippen LogP contribution in [0.3, 0.4) is 0 Å². The van der Waals surface area contributed by atoms with E-state index in [4.69, 9.17) is 4.42 Å². The molecule has 1 amide bonds. The fourth-order valence-electron chi connectivity index (χ4n) is 4.74. The molecule has 3 fully saturated rings. The minimum absolute atomic E-state index is 0.0760. The highest BCUT2D eigenvalue weighted by Gasteiger charge is 2.38. The van der Waals surface area contributed by atoms with Crippen LogP contribution in [-0.4, -0.2) is 81.5 Å². The lowest BCUT2D eigenvalue weighted by molar-refractivity contribution is -0.133. The Hall–Kier alpha value is -2.65. The van der Waals surface area contributed by atoms with E-state index in [1.165, 1.54) is 0 Å². The van der Waals surface area contributed by atoms with Crippen molar-refractivity contribution < 1.29 is 14.0 Å². The molecule has 2 aromatic rings. The number of likely N-dealkylation sites (tertiary alicyclic amines) is 2. The molecule has 3 saturated heterocycles. The third-order valence-electron chi connectivity index (χ3n) is 6.49. The Morgan fingerprint density at radius 1 is 1.20 bits per heavy atom. The number of nitrogens with zero attached hydrogens (tertiary/aromatic N) is 5. The summed E-state index contributed by atoms with van der Waals surface area (Å²) < 4.78 is 5.91. The molecule has 0 bridgehead atoms. The minimum Gasteiger partial charge on any atom is -0.420 e. The zero-order valence-electron chi connectivity index (χ0n) is 16.9. The summed E-state index contributed by atoms with van der Waals surface area (Å²) in [6.45, 7) is 3.56. The molecule has 2 atom stereocenters. The average molecular weight is 410 g/mol. The van der Waals surface area contributed by atoms with Crippen LogP contribution >= 0.6 is 0 Å². The van der Waals surface area contributed by atoms with E-state index in [0.717, 1.165) is 44.5 Å². The van der Waals surface area contributed by atoms with E-state index in [1.54, 1.807) is 17.3 Å². The van der Waals surface area contributed by atoms with Gasteiger partial charge in [0.15, 0.2) is 5.78 Å². The molecule has 5 heterocycles. The molecule has 30 heavy (non-hydrogen) atoms. The molecule has 0 spiro atoms. The van der Waals surface area contributed by atoms with Gasteiger partial charge in [-0.1, -0.05) is 0 Å². The van der Waals surface area contributed by atoms with Crippen LogP contribution in [0.5, 0.6) is 0 Å². The van der Waals surface area contributed by atoms with Crippen LogP contribution in [0.2, 0.25) is 0 Å². The van der Waals surface area contributed by atoms with Crippen LogP contribution in [0.25, 0.3) is 11.5 Å². The van der Waals surface area contributed by atoms with E-state index in [0.29, 0.717) is 30.8 Å². The fourth-order valence-corrected chi connectivity index (χ4v) is 4.74. The Kier molecular flexibility index (Phi) is 5.30. The number of carbonyl (C=O) groups is 2.